The first kappa shape index (κ1) is 11.0. The van der Waals surface area contributed by atoms with Gasteiger partial charge in [-0.15, -0.1) is 0 Å². The van der Waals surface area contributed by atoms with Gasteiger partial charge < -0.3 is 10.2 Å². The number of aromatic hydroxyl groups is 1. The molecule has 0 bridgehead atoms. The minimum absolute atomic E-state index is 0.0411. The van der Waals surface area contributed by atoms with E-state index in [1.807, 2.05) is 0 Å². The van der Waals surface area contributed by atoms with E-state index in [-0.39, 0.29) is 10.6 Å². The topological polar surface area (TPSA) is 74.6 Å². The maximum absolute atomic E-state index is 11.1. The molecule has 0 aliphatic carbocycles. The van der Waals surface area contributed by atoms with Crippen LogP contribution in [0.25, 0.3) is 0 Å². The van der Waals surface area contributed by atoms with Gasteiger partial charge in [0.15, 0.2) is 9.84 Å². The van der Waals surface area contributed by atoms with Crippen molar-refractivity contribution in [1.29, 1.82) is 0 Å². The number of phenols is 1. The number of aliphatic hydroxyl groups is 1. The highest BCUT2D eigenvalue weighted by Gasteiger charge is 2.12. The molecule has 0 fully saturated rings. The van der Waals surface area contributed by atoms with Gasteiger partial charge in [-0.05, 0) is 19.1 Å². The zero-order chi connectivity index (χ0) is 10.9. The number of hydrogen-bond donors (Lipinski definition) is 2. The Morgan fingerprint density at radius 3 is 2.29 bits per heavy atom. The van der Waals surface area contributed by atoms with Crippen molar-refractivity contribution in [3.8, 4) is 5.75 Å². The van der Waals surface area contributed by atoms with Gasteiger partial charge in [-0.25, -0.2) is 8.42 Å². The summed E-state index contributed by atoms with van der Waals surface area (Å²) in [6.07, 6.45) is 0.243. The van der Waals surface area contributed by atoms with E-state index in [2.05, 4.69) is 0 Å². The molecule has 4 nitrogen and oxygen atoms in total. The Balaban J connectivity index is 3.27. The van der Waals surface area contributed by atoms with E-state index in [9.17, 15) is 18.6 Å². The van der Waals surface area contributed by atoms with Gasteiger partial charge in [0.25, 0.3) is 0 Å². The molecule has 0 saturated carbocycles. The van der Waals surface area contributed by atoms with Crippen LogP contribution in [-0.2, 0) is 9.84 Å². The van der Waals surface area contributed by atoms with Gasteiger partial charge in [-0.2, -0.15) is 0 Å². The number of rotatable bonds is 2. The van der Waals surface area contributed by atoms with Crippen molar-refractivity contribution in [1.82, 2.24) is 0 Å². The summed E-state index contributed by atoms with van der Waals surface area (Å²) in [4.78, 5) is 0.0411. The van der Waals surface area contributed by atoms with Crippen molar-refractivity contribution in [3.05, 3.63) is 23.8 Å². The number of phenolic OH excluding ortho intramolecular Hbond substituents is 1. The molecule has 78 valence electrons. The maximum atomic E-state index is 11.1. The summed E-state index contributed by atoms with van der Waals surface area (Å²) in [5.41, 5.74) is 0.317. The van der Waals surface area contributed by atoms with Gasteiger partial charge in [0.1, 0.15) is 5.75 Å². The zero-order valence-electron chi connectivity index (χ0n) is 7.93. The van der Waals surface area contributed by atoms with Crippen LogP contribution < -0.4 is 0 Å². The predicted octanol–water partition coefficient (Wildman–Crippen LogP) is 0.849. The molecule has 0 aliphatic rings. The molecular weight excluding hydrogens is 204 g/mol. The molecular formula is C9H12O4S. The van der Waals surface area contributed by atoms with Crippen LogP contribution in [-0.4, -0.2) is 24.9 Å². The van der Waals surface area contributed by atoms with Gasteiger partial charge >= 0.3 is 0 Å². The molecule has 2 N–H and O–H groups in total. The predicted molar refractivity (Wildman–Crippen MR) is 51.9 cm³/mol. The van der Waals surface area contributed by atoms with Crippen LogP contribution in [0.4, 0.5) is 0 Å². The van der Waals surface area contributed by atoms with Crippen LogP contribution in [0.1, 0.15) is 18.6 Å². The van der Waals surface area contributed by atoms with Crippen LogP contribution >= 0.6 is 0 Å². The lowest BCUT2D eigenvalue weighted by Crippen LogP contribution is -1.99. The summed E-state index contributed by atoms with van der Waals surface area (Å²) in [6.45, 7) is 1.50. The first-order valence-corrected chi connectivity index (χ1v) is 5.92. The minimum Gasteiger partial charge on any atom is -0.508 e. The quantitative estimate of drug-likeness (QED) is 0.768. The molecule has 1 unspecified atom stereocenters. The summed E-state index contributed by atoms with van der Waals surface area (Å²) in [6, 6.07) is 3.89. The SMILES string of the molecule is CC(O)c1ccc(S(C)(=O)=O)cc1O. The summed E-state index contributed by atoms with van der Waals surface area (Å²) in [7, 11) is -3.31. The molecule has 1 aromatic carbocycles. The normalized spacial score (nSPS) is 13.9. The Bertz CT molecular complexity index is 434. The minimum atomic E-state index is -3.31. The molecule has 14 heavy (non-hydrogen) atoms. The molecule has 1 atom stereocenters. The second-order valence-electron chi connectivity index (χ2n) is 3.17. The second kappa shape index (κ2) is 3.59. The van der Waals surface area contributed by atoms with E-state index in [1.54, 1.807) is 0 Å². The highest BCUT2D eigenvalue weighted by molar-refractivity contribution is 7.90. The molecule has 5 heteroatoms. The summed E-state index contributed by atoms with van der Waals surface area (Å²) >= 11 is 0. The molecule has 0 spiro atoms. The summed E-state index contributed by atoms with van der Waals surface area (Å²) in [5, 5.41) is 18.6. The first-order chi connectivity index (χ1) is 6.32. The Labute approximate surface area is 82.7 Å². The van der Waals surface area contributed by atoms with Crippen molar-refractivity contribution >= 4 is 9.84 Å². The molecule has 0 aromatic heterocycles. The fraction of sp³-hybridized carbons (Fsp3) is 0.333. The monoisotopic (exact) mass is 216 g/mol. The third kappa shape index (κ3) is 2.24. The third-order valence-electron chi connectivity index (χ3n) is 1.88. The summed E-state index contributed by atoms with van der Waals surface area (Å²) in [5.74, 6) is -0.206. The lowest BCUT2D eigenvalue weighted by molar-refractivity contribution is 0.195. The average Bonchev–Trinajstić information content (AvgIpc) is 2.01. The van der Waals surface area contributed by atoms with Crippen LogP contribution in [0, 0.1) is 0 Å². The van der Waals surface area contributed by atoms with E-state index in [0.29, 0.717) is 5.56 Å². The molecule has 1 aromatic rings. The molecule has 1 rings (SSSR count). The molecule has 0 saturated heterocycles. The van der Waals surface area contributed by atoms with Crippen molar-refractivity contribution < 1.29 is 18.6 Å². The fourth-order valence-electron chi connectivity index (χ4n) is 1.11. The van der Waals surface area contributed by atoms with Gasteiger partial charge in [0, 0.05) is 11.8 Å². The molecule has 0 radical (unpaired) electrons. The zero-order valence-corrected chi connectivity index (χ0v) is 8.75. The van der Waals surface area contributed by atoms with Crippen LogP contribution in [0.5, 0.6) is 5.75 Å². The van der Waals surface area contributed by atoms with Gasteiger partial charge in [0.05, 0.1) is 11.0 Å². The Morgan fingerprint density at radius 1 is 1.36 bits per heavy atom. The van der Waals surface area contributed by atoms with Crippen molar-refractivity contribution in [2.45, 2.75) is 17.9 Å². The molecule has 0 aliphatic heterocycles. The number of benzene rings is 1. The van der Waals surface area contributed by atoms with Gasteiger partial charge in [-0.3, -0.25) is 0 Å². The fourth-order valence-corrected chi connectivity index (χ4v) is 1.75. The first-order valence-electron chi connectivity index (χ1n) is 4.03. The smallest absolute Gasteiger partial charge is 0.175 e. The van der Waals surface area contributed by atoms with Crippen molar-refractivity contribution in [2.75, 3.05) is 6.26 Å². The maximum Gasteiger partial charge on any atom is 0.175 e. The Kier molecular flexibility index (Phi) is 2.82. The van der Waals surface area contributed by atoms with Crippen LogP contribution in [0.15, 0.2) is 23.1 Å². The van der Waals surface area contributed by atoms with Crippen molar-refractivity contribution in [2.24, 2.45) is 0 Å². The average molecular weight is 216 g/mol. The van der Waals surface area contributed by atoms with E-state index < -0.39 is 15.9 Å². The number of hydrogen-bond acceptors (Lipinski definition) is 4. The highest BCUT2D eigenvalue weighted by Crippen LogP contribution is 2.26. The van der Waals surface area contributed by atoms with Gasteiger partial charge in [-0.1, -0.05) is 6.07 Å². The Hall–Kier alpha value is -1.07. The van der Waals surface area contributed by atoms with E-state index in [1.165, 1.54) is 19.1 Å². The molecule has 0 amide bonds. The van der Waals surface area contributed by atoms with E-state index in [0.717, 1.165) is 12.3 Å². The third-order valence-corrected chi connectivity index (χ3v) is 2.99. The van der Waals surface area contributed by atoms with Gasteiger partial charge in [0.2, 0.25) is 0 Å². The lowest BCUT2D eigenvalue weighted by atomic mass is 10.1. The van der Waals surface area contributed by atoms with Crippen LogP contribution in [0.3, 0.4) is 0 Å². The standard InChI is InChI=1S/C9H12O4S/c1-6(10)8-4-3-7(5-9(8)11)14(2,12)13/h3-6,10-11H,1-2H3. The number of sulfone groups is 1. The lowest BCUT2D eigenvalue weighted by Gasteiger charge is -2.08. The highest BCUT2D eigenvalue weighted by atomic mass is 32.2. The van der Waals surface area contributed by atoms with E-state index >= 15 is 0 Å². The number of aliphatic hydroxyl groups excluding tert-OH is 1. The second-order valence-corrected chi connectivity index (χ2v) is 5.18. The largest absolute Gasteiger partial charge is 0.508 e. The van der Waals surface area contributed by atoms with Crippen LogP contribution in [0.2, 0.25) is 0 Å². The van der Waals surface area contributed by atoms with Crippen molar-refractivity contribution in [3.63, 3.8) is 0 Å². The van der Waals surface area contributed by atoms with E-state index in [4.69, 9.17) is 0 Å². The summed E-state index contributed by atoms with van der Waals surface area (Å²) < 4.78 is 22.2. The molecule has 0 heterocycles. The Morgan fingerprint density at radius 2 is 1.93 bits per heavy atom.